The Morgan fingerprint density at radius 3 is 2.17 bits per heavy atom. The first kappa shape index (κ1) is 16.3. The van der Waals surface area contributed by atoms with Crippen LogP contribution in [0.15, 0.2) is 0 Å². The summed E-state index contributed by atoms with van der Waals surface area (Å²) in [6, 6.07) is 0. The Kier molecular flexibility index (Phi) is 6.28. The van der Waals surface area contributed by atoms with Crippen LogP contribution in [0.4, 0.5) is 0 Å². The van der Waals surface area contributed by atoms with Crippen LogP contribution in [0.3, 0.4) is 0 Å². The molecule has 1 aliphatic rings. The zero-order valence-electron chi connectivity index (χ0n) is 9.99. The van der Waals surface area contributed by atoms with Gasteiger partial charge in [-0.15, -0.1) is 0 Å². The van der Waals surface area contributed by atoms with Gasteiger partial charge < -0.3 is 26.9 Å². The number of carbonyl (C=O) groups excluding carboxylic acids is 2. The van der Waals surface area contributed by atoms with E-state index in [4.69, 9.17) is 10.8 Å². The van der Waals surface area contributed by atoms with Gasteiger partial charge in [-0.05, 0) is 12.8 Å². The second-order valence-corrected chi connectivity index (χ2v) is 4.12. The average Bonchev–Trinajstić information content (AvgIpc) is 2.75. The molecule has 0 bridgehead atoms. The Hall–Kier alpha value is -1.67. The molecule has 0 saturated heterocycles. The SMILES string of the molecule is NCC(=O)NCC(=O)NC1(C(=O)O)CCCC1.O. The molecule has 2 amide bonds. The van der Waals surface area contributed by atoms with E-state index < -0.39 is 23.3 Å². The number of carboxylic acids is 1. The molecule has 0 aromatic carbocycles. The fourth-order valence-corrected chi connectivity index (χ4v) is 1.93. The number of carboxylic acid groups (broad SMARTS) is 1. The summed E-state index contributed by atoms with van der Waals surface area (Å²) < 4.78 is 0. The number of aliphatic carboxylic acids is 1. The molecular formula is C10H19N3O5. The van der Waals surface area contributed by atoms with E-state index in [1.165, 1.54) is 0 Å². The van der Waals surface area contributed by atoms with Crippen molar-refractivity contribution in [3.8, 4) is 0 Å². The lowest BCUT2D eigenvalue weighted by atomic mass is 9.98. The van der Waals surface area contributed by atoms with Gasteiger partial charge >= 0.3 is 5.97 Å². The fraction of sp³-hybridized carbons (Fsp3) is 0.700. The molecule has 1 saturated carbocycles. The summed E-state index contributed by atoms with van der Waals surface area (Å²) in [6.45, 7) is -0.442. The lowest BCUT2D eigenvalue weighted by Crippen LogP contribution is -2.55. The predicted molar refractivity (Wildman–Crippen MR) is 62.7 cm³/mol. The molecule has 104 valence electrons. The Labute approximate surface area is 104 Å². The molecule has 1 fully saturated rings. The number of nitrogens with two attached hydrogens (primary N) is 1. The van der Waals surface area contributed by atoms with Crippen molar-refractivity contribution in [2.24, 2.45) is 5.73 Å². The maximum atomic E-state index is 11.5. The molecule has 8 heteroatoms. The normalized spacial score (nSPS) is 16.5. The van der Waals surface area contributed by atoms with Gasteiger partial charge in [0.2, 0.25) is 11.8 Å². The highest BCUT2D eigenvalue weighted by atomic mass is 16.4. The smallest absolute Gasteiger partial charge is 0.329 e. The first-order valence-electron chi connectivity index (χ1n) is 5.51. The fourth-order valence-electron chi connectivity index (χ4n) is 1.93. The highest BCUT2D eigenvalue weighted by molar-refractivity contribution is 5.90. The molecule has 0 radical (unpaired) electrons. The molecular weight excluding hydrogens is 242 g/mol. The highest BCUT2D eigenvalue weighted by Gasteiger charge is 2.42. The van der Waals surface area contributed by atoms with Gasteiger partial charge in [-0.25, -0.2) is 4.79 Å². The zero-order chi connectivity index (χ0) is 12.9. The van der Waals surface area contributed by atoms with E-state index in [0.717, 1.165) is 12.8 Å². The molecule has 0 heterocycles. The Bertz CT molecular complexity index is 325. The van der Waals surface area contributed by atoms with E-state index in [9.17, 15) is 14.4 Å². The Balaban J connectivity index is 0.00000289. The van der Waals surface area contributed by atoms with Crippen LogP contribution in [0, 0.1) is 0 Å². The summed E-state index contributed by atoms with van der Waals surface area (Å²) in [5, 5.41) is 13.9. The quantitative estimate of drug-likeness (QED) is 0.440. The molecule has 0 atom stereocenters. The molecule has 18 heavy (non-hydrogen) atoms. The summed E-state index contributed by atoms with van der Waals surface area (Å²) in [5.74, 6) is -1.97. The molecule has 1 rings (SSSR count). The highest BCUT2D eigenvalue weighted by Crippen LogP contribution is 2.29. The van der Waals surface area contributed by atoms with E-state index >= 15 is 0 Å². The number of carbonyl (C=O) groups is 3. The van der Waals surface area contributed by atoms with Gasteiger partial charge in [0.25, 0.3) is 0 Å². The Morgan fingerprint density at radius 1 is 1.17 bits per heavy atom. The summed E-state index contributed by atoms with van der Waals surface area (Å²) in [7, 11) is 0. The van der Waals surface area contributed by atoms with E-state index in [-0.39, 0.29) is 18.6 Å². The predicted octanol–water partition coefficient (Wildman–Crippen LogP) is -2.25. The van der Waals surface area contributed by atoms with Gasteiger partial charge in [0.15, 0.2) is 0 Å². The minimum absolute atomic E-state index is 0. The number of amides is 2. The second kappa shape index (κ2) is 6.92. The number of rotatable bonds is 5. The lowest BCUT2D eigenvalue weighted by molar-refractivity contribution is -0.147. The van der Waals surface area contributed by atoms with Gasteiger partial charge in [-0.1, -0.05) is 12.8 Å². The summed E-state index contributed by atoms with van der Waals surface area (Å²) in [6.07, 6.45) is 2.42. The number of nitrogens with one attached hydrogen (secondary N) is 2. The second-order valence-electron chi connectivity index (χ2n) is 4.12. The molecule has 0 unspecified atom stereocenters. The monoisotopic (exact) mass is 261 g/mol. The van der Waals surface area contributed by atoms with Crippen molar-refractivity contribution in [1.29, 1.82) is 0 Å². The van der Waals surface area contributed by atoms with Crippen LogP contribution in [0.25, 0.3) is 0 Å². The van der Waals surface area contributed by atoms with Crippen LogP contribution in [0.1, 0.15) is 25.7 Å². The molecule has 0 aliphatic heterocycles. The van der Waals surface area contributed by atoms with E-state index in [1.807, 2.05) is 0 Å². The van der Waals surface area contributed by atoms with Crippen molar-refractivity contribution in [1.82, 2.24) is 10.6 Å². The van der Waals surface area contributed by atoms with Crippen LogP contribution in [0.5, 0.6) is 0 Å². The molecule has 0 aromatic rings. The zero-order valence-corrected chi connectivity index (χ0v) is 9.99. The first-order valence-corrected chi connectivity index (χ1v) is 5.51. The standard InChI is InChI=1S/C10H17N3O4.H2O/c11-5-7(14)12-6-8(15)13-10(9(16)17)3-1-2-4-10;/h1-6,11H2,(H,12,14)(H,13,15)(H,16,17);1H2. The van der Waals surface area contributed by atoms with Crippen molar-refractivity contribution < 1.29 is 25.0 Å². The van der Waals surface area contributed by atoms with Crippen LogP contribution in [0.2, 0.25) is 0 Å². The maximum absolute atomic E-state index is 11.5. The van der Waals surface area contributed by atoms with Crippen LogP contribution >= 0.6 is 0 Å². The van der Waals surface area contributed by atoms with Gasteiger partial charge in [0.1, 0.15) is 5.54 Å². The van der Waals surface area contributed by atoms with E-state index in [2.05, 4.69) is 10.6 Å². The lowest BCUT2D eigenvalue weighted by Gasteiger charge is -2.25. The third-order valence-electron chi connectivity index (χ3n) is 2.88. The van der Waals surface area contributed by atoms with Gasteiger partial charge in [0, 0.05) is 0 Å². The van der Waals surface area contributed by atoms with Gasteiger partial charge in [0.05, 0.1) is 13.1 Å². The third-order valence-corrected chi connectivity index (χ3v) is 2.88. The summed E-state index contributed by atoms with van der Waals surface area (Å²) in [5.41, 5.74) is 3.90. The topological polar surface area (TPSA) is 153 Å². The van der Waals surface area contributed by atoms with Crippen molar-refractivity contribution in [2.45, 2.75) is 31.2 Å². The average molecular weight is 261 g/mol. The van der Waals surface area contributed by atoms with Crippen molar-refractivity contribution in [2.75, 3.05) is 13.1 Å². The molecule has 8 nitrogen and oxygen atoms in total. The first-order chi connectivity index (χ1) is 8.00. The van der Waals surface area contributed by atoms with E-state index in [1.54, 1.807) is 0 Å². The summed E-state index contributed by atoms with van der Waals surface area (Å²) in [4.78, 5) is 33.5. The van der Waals surface area contributed by atoms with E-state index in [0.29, 0.717) is 12.8 Å². The molecule has 0 spiro atoms. The van der Waals surface area contributed by atoms with Crippen molar-refractivity contribution in [3.05, 3.63) is 0 Å². The maximum Gasteiger partial charge on any atom is 0.329 e. The van der Waals surface area contributed by atoms with Gasteiger partial charge in [-0.3, -0.25) is 9.59 Å². The molecule has 1 aliphatic carbocycles. The number of hydrogen-bond acceptors (Lipinski definition) is 4. The summed E-state index contributed by atoms with van der Waals surface area (Å²) >= 11 is 0. The Morgan fingerprint density at radius 2 is 1.72 bits per heavy atom. The van der Waals surface area contributed by atoms with Crippen molar-refractivity contribution in [3.63, 3.8) is 0 Å². The minimum Gasteiger partial charge on any atom is -0.480 e. The van der Waals surface area contributed by atoms with Crippen LogP contribution in [-0.2, 0) is 14.4 Å². The van der Waals surface area contributed by atoms with Crippen molar-refractivity contribution >= 4 is 17.8 Å². The van der Waals surface area contributed by atoms with Crippen LogP contribution in [-0.4, -0.2) is 47.0 Å². The minimum atomic E-state index is -1.16. The van der Waals surface area contributed by atoms with Crippen LogP contribution < -0.4 is 16.4 Å². The molecule has 7 N–H and O–H groups in total. The molecule has 0 aromatic heterocycles. The largest absolute Gasteiger partial charge is 0.480 e. The van der Waals surface area contributed by atoms with Gasteiger partial charge in [-0.2, -0.15) is 0 Å². The third kappa shape index (κ3) is 3.97. The number of hydrogen-bond donors (Lipinski definition) is 4.